The summed E-state index contributed by atoms with van der Waals surface area (Å²) in [5.74, 6) is 0. The highest BCUT2D eigenvalue weighted by molar-refractivity contribution is 9.10. The van der Waals surface area contributed by atoms with E-state index in [0.717, 1.165) is 22.9 Å². The van der Waals surface area contributed by atoms with Gasteiger partial charge in [-0.1, -0.05) is 38.4 Å². The van der Waals surface area contributed by atoms with Crippen LogP contribution in [0.2, 0.25) is 5.02 Å². The summed E-state index contributed by atoms with van der Waals surface area (Å²) in [6.45, 7) is 6.53. The van der Waals surface area contributed by atoms with Crippen LogP contribution in [-0.2, 0) is 0 Å². The van der Waals surface area contributed by atoms with Crippen LogP contribution < -0.4 is 0 Å². The van der Waals surface area contributed by atoms with Crippen molar-refractivity contribution in [3.8, 4) is 0 Å². The molecule has 90 valence electrons. The Labute approximate surface area is 111 Å². The summed E-state index contributed by atoms with van der Waals surface area (Å²) in [6.07, 6.45) is 1.36. The molecule has 0 aromatic heterocycles. The van der Waals surface area contributed by atoms with Crippen molar-refractivity contribution in [2.24, 2.45) is 5.41 Å². The van der Waals surface area contributed by atoms with Crippen molar-refractivity contribution in [1.82, 2.24) is 0 Å². The monoisotopic (exact) mass is 304 g/mol. The molecule has 1 atom stereocenters. The number of hydrogen-bond donors (Lipinski definition) is 1. The fraction of sp³-hybridized carbons (Fsp3) is 0.538. The number of hydrogen-bond acceptors (Lipinski definition) is 1. The highest BCUT2D eigenvalue weighted by atomic mass is 79.9. The van der Waals surface area contributed by atoms with E-state index in [9.17, 15) is 5.11 Å². The molecule has 1 N–H and O–H groups in total. The maximum Gasteiger partial charge on any atom is 0.0790 e. The van der Waals surface area contributed by atoms with Gasteiger partial charge in [0, 0.05) is 4.47 Å². The second kappa shape index (κ2) is 5.52. The maximum atomic E-state index is 10.0. The van der Waals surface area contributed by atoms with Crippen LogP contribution in [0.4, 0.5) is 0 Å². The molecule has 1 aromatic carbocycles. The molecule has 0 radical (unpaired) electrons. The normalized spacial score (nSPS) is 13.9. The molecule has 1 unspecified atom stereocenters. The first kappa shape index (κ1) is 14.0. The Bertz CT molecular complexity index is 357. The third-order valence-electron chi connectivity index (χ3n) is 2.50. The van der Waals surface area contributed by atoms with Crippen LogP contribution in [0.5, 0.6) is 0 Å². The van der Waals surface area contributed by atoms with E-state index in [4.69, 9.17) is 11.6 Å². The van der Waals surface area contributed by atoms with Gasteiger partial charge in [0.25, 0.3) is 0 Å². The number of aliphatic hydroxyl groups excluding tert-OH is 1. The van der Waals surface area contributed by atoms with Crippen LogP contribution in [0.15, 0.2) is 22.7 Å². The Kier molecular flexibility index (Phi) is 4.84. The van der Waals surface area contributed by atoms with Crippen molar-refractivity contribution >= 4 is 27.5 Å². The van der Waals surface area contributed by atoms with Gasteiger partial charge in [-0.05, 0) is 51.9 Å². The van der Waals surface area contributed by atoms with Crippen molar-refractivity contribution in [2.45, 2.75) is 39.7 Å². The minimum absolute atomic E-state index is 0.255. The second-order valence-corrected chi connectivity index (χ2v) is 6.55. The summed E-state index contributed by atoms with van der Waals surface area (Å²) in [4.78, 5) is 0. The van der Waals surface area contributed by atoms with Crippen molar-refractivity contribution in [1.29, 1.82) is 0 Å². The van der Waals surface area contributed by atoms with Gasteiger partial charge < -0.3 is 5.11 Å². The lowest BCUT2D eigenvalue weighted by atomic mass is 9.88. The predicted molar refractivity (Wildman–Crippen MR) is 72.8 cm³/mol. The number of rotatable bonds is 3. The van der Waals surface area contributed by atoms with E-state index in [2.05, 4.69) is 36.7 Å². The molecular weight excluding hydrogens is 287 g/mol. The highest BCUT2D eigenvalue weighted by Gasteiger charge is 2.15. The second-order valence-electron chi connectivity index (χ2n) is 5.29. The van der Waals surface area contributed by atoms with Gasteiger partial charge in [-0.2, -0.15) is 0 Å². The Morgan fingerprint density at radius 1 is 1.38 bits per heavy atom. The molecule has 0 spiro atoms. The molecule has 1 nitrogen and oxygen atoms in total. The summed E-state index contributed by atoms with van der Waals surface area (Å²) in [7, 11) is 0. The smallest absolute Gasteiger partial charge is 0.0790 e. The molecule has 0 aliphatic rings. The number of aliphatic hydroxyl groups is 1. The van der Waals surface area contributed by atoms with E-state index in [-0.39, 0.29) is 5.41 Å². The Balaban J connectivity index is 2.66. The van der Waals surface area contributed by atoms with E-state index in [1.54, 1.807) is 6.07 Å². The zero-order valence-corrected chi connectivity index (χ0v) is 12.3. The van der Waals surface area contributed by atoms with Gasteiger partial charge in [0.05, 0.1) is 11.1 Å². The fourth-order valence-corrected chi connectivity index (χ4v) is 1.97. The van der Waals surface area contributed by atoms with Gasteiger partial charge in [0.2, 0.25) is 0 Å². The highest BCUT2D eigenvalue weighted by Crippen LogP contribution is 2.30. The molecule has 1 aromatic rings. The molecule has 0 fully saturated rings. The van der Waals surface area contributed by atoms with Crippen molar-refractivity contribution < 1.29 is 5.11 Å². The van der Waals surface area contributed by atoms with Crippen LogP contribution >= 0.6 is 27.5 Å². The largest absolute Gasteiger partial charge is 0.388 e. The Hall–Kier alpha value is -0.0500. The van der Waals surface area contributed by atoms with Crippen LogP contribution in [-0.4, -0.2) is 5.11 Å². The van der Waals surface area contributed by atoms with Crippen LogP contribution in [0.25, 0.3) is 0 Å². The van der Waals surface area contributed by atoms with Gasteiger partial charge in [0.15, 0.2) is 0 Å². The minimum Gasteiger partial charge on any atom is -0.388 e. The van der Waals surface area contributed by atoms with Gasteiger partial charge in [-0.25, -0.2) is 0 Å². The van der Waals surface area contributed by atoms with E-state index in [1.807, 2.05) is 12.1 Å². The molecule has 0 saturated heterocycles. The average Bonchev–Trinajstić information content (AvgIpc) is 2.17. The minimum atomic E-state index is -0.409. The van der Waals surface area contributed by atoms with E-state index in [0.29, 0.717) is 5.02 Å². The molecule has 16 heavy (non-hydrogen) atoms. The van der Waals surface area contributed by atoms with Gasteiger partial charge in [-0.3, -0.25) is 0 Å². The first-order chi connectivity index (χ1) is 7.29. The predicted octanol–water partition coefficient (Wildman–Crippen LogP) is 4.96. The lowest BCUT2D eigenvalue weighted by molar-refractivity contribution is 0.147. The fourth-order valence-electron chi connectivity index (χ4n) is 1.46. The number of halogens is 2. The summed E-state index contributed by atoms with van der Waals surface area (Å²) < 4.78 is 0.835. The zero-order valence-electron chi connectivity index (χ0n) is 9.93. The summed E-state index contributed by atoms with van der Waals surface area (Å²) in [5.41, 5.74) is 1.17. The third kappa shape index (κ3) is 4.44. The van der Waals surface area contributed by atoms with E-state index >= 15 is 0 Å². The van der Waals surface area contributed by atoms with Crippen molar-refractivity contribution in [2.75, 3.05) is 0 Å². The van der Waals surface area contributed by atoms with Crippen LogP contribution in [0.1, 0.15) is 45.3 Å². The van der Waals surface area contributed by atoms with Crippen molar-refractivity contribution in [3.05, 3.63) is 33.3 Å². The summed E-state index contributed by atoms with van der Waals surface area (Å²) in [5, 5.41) is 10.7. The molecule has 0 aliphatic heterocycles. The first-order valence-electron chi connectivity index (χ1n) is 5.42. The quantitative estimate of drug-likeness (QED) is 0.836. The topological polar surface area (TPSA) is 20.2 Å². The molecule has 0 saturated carbocycles. The zero-order chi connectivity index (χ0) is 12.3. The molecule has 0 amide bonds. The summed E-state index contributed by atoms with van der Waals surface area (Å²) >= 11 is 9.27. The Morgan fingerprint density at radius 2 is 2.00 bits per heavy atom. The third-order valence-corrected chi connectivity index (χ3v) is 3.71. The standard InChI is InChI=1S/C13H18BrClO/c1-13(2,3)7-6-12(16)9-4-5-11(15)10(14)8-9/h4-5,8,12,16H,6-7H2,1-3H3. The van der Waals surface area contributed by atoms with Gasteiger partial charge in [0.1, 0.15) is 0 Å². The summed E-state index contributed by atoms with van der Waals surface area (Å²) in [6, 6.07) is 5.57. The van der Waals surface area contributed by atoms with E-state index < -0.39 is 6.10 Å². The SMILES string of the molecule is CC(C)(C)CCC(O)c1ccc(Cl)c(Br)c1. The molecule has 3 heteroatoms. The van der Waals surface area contributed by atoms with Crippen LogP contribution in [0, 0.1) is 5.41 Å². The molecule has 1 rings (SSSR count). The molecular formula is C13H18BrClO. The van der Waals surface area contributed by atoms with Crippen LogP contribution in [0.3, 0.4) is 0 Å². The van der Waals surface area contributed by atoms with Gasteiger partial charge in [-0.15, -0.1) is 0 Å². The average molecular weight is 306 g/mol. The molecule has 0 bridgehead atoms. The van der Waals surface area contributed by atoms with Crippen molar-refractivity contribution in [3.63, 3.8) is 0 Å². The molecule has 0 heterocycles. The van der Waals surface area contributed by atoms with E-state index in [1.165, 1.54) is 0 Å². The van der Waals surface area contributed by atoms with Gasteiger partial charge >= 0.3 is 0 Å². The maximum absolute atomic E-state index is 10.0. The first-order valence-corrected chi connectivity index (χ1v) is 6.60. The Morgan fingerprint density at radius 3 is 2.50 bits per heavy atom. The molecule has 0 aliphatic carbocycles. The number of benzene rings is 1. The lowest BCUT2D eigenvalue weighted by Gasteiger charge is -2.20. The lowest BCUT2D eigenvalue weighted by Crippen LogP contribution is -2.08.